The maximum absolute atomic E-state index is 13.1. The van der Waals surface area contributed by atoms with Crippen molar-refractivity contribution in [3.8, 4) is 11.5 Å². The standard InChI is InChI=1S/C19H20FNO5/c1-12(16-10-15(24-2)7-8-17(16)25-3)21-18(22)11-26-19(23)13-5-4-6-14(20)9-13/h4-10,12H,11H2,1-3H3,(H,21,22). The molecule has 0 radical (unpaired) electrons. The Morgan fingerprint density at radius 1 is 1.12 bits per heavy atom. The van der Waals surface area contributed by atoms with Gasteiger partial charge in [-0.05, 0) is 43.3 Å². The molecule has 0 saturated carbocycles. The summed E-state index contributed by atoms with van der Waals surface area (Å²) in [6.07, 6.45) is 0. The average Bonchev–Trinajstić information content (AvgIpc) is 2.65. The van der Waals surface area contributed by atoms with Crippen LogP contribution in [0.1, 0.15) is 28.9 Å². The molecule has 0 fully saturated rings. The van der Waals surface area contributed by atoms with Crippen molar-refractivity contribution in [3.63, 3.8) is 0 Å². The number of hydrogen-bond acceptors (Lipinski definition) is 5. The second-order valence-corrected chi connectivity index (χ2v) is 5.48. The van der Waals surface area contributed by atoms with Gasteiger partial charge in [0.1, 0.15) is 17.3 Å². The Labute approximate surface area is 150 Å². The van der Waals surface area contributed by atoms with E-state index >= 15 is 0 Å². The van der Waals surface area contributed by atoms with Gasteiger partial charge in [0.05, 0.1) is 25.8 Å². The normalized spacial score (nSPS) is 11.4. The first-order valence-electron chi connectivity index (χ1n) is 7.88. The van der Waals surface area contributed by atoms with Crippen molar-refractivity contribution in [3.05, 3.63) is 59.4 Å². The van der Waals surface area contributed by atoms with Gasteiger partial charge in [-0.15, -0.1) is 0 Å². The van der Waals surface area contributed by atoms with E-state index < -0.39 is 30.3 Å². The molecule has 0 aliphatic heterocycles. The number of esters is 1. The van der Waals surface area contributed by atoms with E-state index in [1.807, 2.05) is 0 Å². The molecule has 0 bridgehead atoms. The highest BCUT2D eigenvalue weighted by molar-refractivity contribution is 5.91. The lowest BCUT2D eigenvalue weighted by atomic mass is 10.1. The van der Waals surface area contributed by atoms with Crippen LogP contribution in [0.5, 0.6) is 11.5 Å². The van der Waals surface area contributed by atoms with Crippen molar-refractivity contribution in [2.24, 2.45) is 0 Å². The zero-order valence-corrected chi connectivity index (χ0v) is 14.7. The highest BCUT2D eigenvalue weighted by Gasteiger charge is 2.17. The Morgan fingerprint density at radius 3 is 2.54 bits per heavy atom. The lowest BCUT2D eigenvalue weighted by Crippen LogP contribution is -2.31. The Morgan fingerprint density at radius 2 is 1.88 bits per heavy atom. The summed E-state index contributed by atoms with van der Waals surface area (Å²) in [5.74, 6) is -0.601. The molecular weight excluding hydrogens is 341 g/mol. The molecule has 1 N–H and O–H groups in total. The van der Waals surface area contributed by atoms with Gasteiger partial charge in [-0.2, -0.15) is 0 Å². The molecule has 0 aliphatic rings. The summed E-state index contributed by atoms with van der Waals surface area (Å²) in [6.45, 7) is 1.29. The smallest absolute Gasteiger partial charge is 0.338 e. The topological polar surface area (TPSA) is 73.9 Å². The highest BCUT2D eigenvalue weighted by atomic mass is 19.1. The number of nitrogens with one attached hydrogen (secondary N) is 1. The molecule has 1 unspecified atom stereocenters. The maximum atomic E-state index is 13.1. The summed E-state index contributed by atoms with van der Waals surface area (Å²) in [4.78, 5) is 23.9. The quantitative estimate of drug-likeness (QED) is 0.768. The predicted octanol–water partition coefficient (Wildman–Crippen LogP) is 2.88. The molecule has 1 amide bonds. The predicted molar refractivity (Wildman–Crippen MR) is 92.8 cm³/mol. The van der Waals surface area contributed by atoms with E-state index in [0.29, 0.717) is 11.5 Å². The molecule has 0 heterocycles. The largest absolute Gasteiger partial charge is 0.497 e. The zero-order valence-electron chi connectivity index (χ0n) is 14.7. The molecule has 1 atom stereocenters. The van der Waals surface area contributed by atoms with Crippen molar-refractivity contribution < 1.29 is 28.2 Å². The molecule has 0 aliphatic carbocycles. The minimum Gasteiger partial charge on any atom is -0.497 e. The van der Waals surface area contributed by atoms with Crippen molar-refractivity contribution in [2.45, 2.75) is 13.0 Å². The second-order valence-electron chi connectivity index (χ2n) is 5.48. The Balaban J connectivity index is 1.96. The third-order valence-corrected chi connectivity index (χ3v) is 3.68. The minimum absolute atomic E-state index is 0.0420. The molecule has 0 aromatic heterocycles. The van der Waals surface area contributed by atoms with Crippen LogP contribution in [0.15, 0.2) is 42.5 Å². The SMILES string of the molecule is COc1ccc(OC)c(C(C)NC(=O)COC(=O)c2cccc(F)c2)c1. The van der Waals surface area contributed by atoms with Crippen LogP contribution in [-0.2, 0) is 9.53 Å². The lowest BCUT2D eigenvalue weighted by molar-refractivity contribution is -0.124. The van der Waals surface area contributed by atoms with Gasteiger partial charge >= 0.3 is 5.97 Å². The number of halogens is 1. The van der Waals surface area contributed by atoms with Gasteiger partial charge in [0, 0.05) is 5.56 Å². The number of hydrogen-bond donors (Lipinski definition) is 1. The van der Waals surface area contributed by atoms with Gasteiger partial charge in [0.2, 0.25) is 0 Å². The van der Waals surface area contributed by atoms with Gasteiger partial charge in [-0.3, -0.25) is 4.79 Å². The van der Waals surface area contributed by atoms with Crippen LogP contribution in [0.2, 0.25) is 0 Å². The molecule has 6 nitrogen and oxygen atoms in total. The van der Waals surface area contributed by atoms with Crippen LogP contribution in [0.3, 0.4) is 0 Å². The number of ether oxygens (including phenoxy) is 3. The van der Waals surface area contributed by atoms with E-state index in [2.05, 4.69) is 5.32 Å². The fraction of sp³-hybridized carbons (Fsp3) is 0.263. The molecule has 7 heteroatoms. The van der Waals surface area contributed by atoms with Gasteiger partial charge < -0.3 is 19.5 Å². The van der Waals surface area contributed by atoms with Crippen molar-refractivity contribution in [2.75, 3.05) is 20.8 Å². The summed E-state index contributed by atoms with van der Waals surface area (Å²) >= 11 is 0. The Hall–Kier alpha value is -3.09. The summed E-state index contributed by atoms with van der Waals surface area (Å²) in [7, 11) is 3.07. The van der Waals surface area contributed by atoms with Crippen molar-refractivity contribution >= 4 is 11.9 Å². The molecular formula is C19H20FNO5. The first-order chi connectivity index (χ1) is 12.4. The van der Waals surface area contributed by atoms with Crippen molar-refractivity contribution in [1.82, 2.24) is 5.32 Å². The first kappa shape index (κ1) is 19.2. The molecule has 2 aromatic rings. The van der Waals surface area contributed by atoms with Crippen LogP contribution in [0.4, 0.5) is 4.39 Å². The molecule has 0 spiro atoms. The van der Waals surface area contributed by atoms with E-state index in [1.165, 1.54) is 25.3 Å². The van der Waals surface area contributed by atoms with Crippen molar-refractivity contribution in [1.29, 1.82) is 0 Å². The van der Waals surface area contributed by atoms with Gasteiger partial charge in [0.15, 0.2) is 6.61 Å². The number of methoxy groups -OCH3 is 2. The van der Waals surface area contributed by atoms with E-state index in [9.17, 15) is 14.0 Å². The van der Waals surface area contributed by atoms with Crippen LogP contribution >= 0.6 is 0 Å². The third-order valence-electron chi connectivity index (χ3n) is 3.68. The van der Waals surface area contributed by atoms with E-state index in [4.69, 9.17) is 14.2 Å². The van der Waals surface area contributed by atoms with E-state index in [-0.39, 0.29) is 5.56 Å². The number of rotatable bonds is 7. The fourth-order valence-corrected chi connectivity index (χ4v) is 2.37. The maximum Gasteiger partial charge on any atom is 0.338 e. The number of carbonyl (C=O) groups is 2. The van der Waals surface area contributed by atoms with Gasteiger partial charge in [-0.25, -0.2) is 9.18 Å². The molecule has 2 aromatic carbocycles. The number of carbonyl (C=O) groups excluding carboxylic acids is 2. The minimum atomic E-state index is -0.772. The zero-order chi connectivity index (χ0) is 19.1. The summed E-state index contributed by atoms with van der Waals surface area (Å²) in [6, 6.07) is 9.90. The van der Waals surface area contributed by atoms with Gasteiger partial charge in [-0.1, -0.05) is 6.07 Å². The summed E-state index contributed by atoms with van der Waals surface area (Å²) in [5.41, 5.74) is 0.761. The second kappa shape index (κ2) is 8.84. The van der Waals surface area contributed by atoms with E-state index in [0.717, 1.165) is 11.6 Å². The summed E-state index contributed by atoms with van der Waals surface area (Å²) in [5, 5.41) is 2.71. The lowest BCUT2D eigenvalue weighted by Gasteiger charge is -2.18. The van der Waals surface area contributed by atoms with Gasteiger partial charge in [0.25, 0.3) is 5.91 Å². The number of amides is 1. The third kappa shape index (κ3) is 4.95. The Kier molecular flexibility index (Phi) is 6.54. The molecule has 26 heavy (non-hydrogen) atoms. The highest BCUT2D eigenvalue weighted by Crippen LogP contribution is 2.29. The van der Waals surface area contributed by atoms with Crippen LogP contribution in [-0.4, -0.2) is 32.7 Å². The van der Waals surface area contributed by atoms with Crippen LogP contribution < -0.4 is 14.8 Å². The molecule has 2 rings (SSSR count). The van der Waals surface area contributed by atoms with E-state index in [1.54, 1.807) is 32.2 Å². The molecule has 0 saturated heterocycles. The number of benzene rings is 2. The first-order valence-corrected chi connectivity index (χ1v) is 7.88. The fourth-order valence-electron chi connectivity index (χ4n) is 2.37. The summed E-state index contributed by atoms with van der Waals surface area (Å²) < 4.78 is 28.5. The van der Waals surface area contributed by atoms with Crippen LogP contribution in [0.25, 0.3) is 0 Å². The Bertz CT molecular complexity index is 793. The molecule has 138 valence electrons. The monoisotopic (exact) mass is 361 g/mol. The van der Waals surface area contributed by atoms with Crippen LogP contribution in [0, 0.1) is 5.82 Å². The average molecular weight is 361 g/mol.